The highest BCUT2D eigenvalue weighted by Crippen LogP contribution is 2.61. The highest BCUT2D eigenvalue weighted by molar-refractivity contribution is 9.10. The first-order valence-electron chi connectivity index (χ1n) is 12.7. The number of rotatable bonds is 5. The lowest BCUT2D eigenvalue weighted by Crippen LogP contribution is -2.60. The molecule has 4 saturated carbocycles. The van der Waals surface area contributed by atoms with Crippen LogP contribution in [0.25, 0.3) is 16.9 Å². The van der Waals surface area contributed by atoms with Crippen molar-refractivity contribution in [2.24, 2.45) is 23.2 Å². The van der Waals surface area contributed by atoms with Crippen LogP contribution in [0, 0.1) is 23.2 Å². The third kappa shape index (κ3) is 4.19. The van der Waals surface area contributed by atoms with Crippen molar-refractivity contribution >= 4 is 33.5 Å². The fraction of sp³-hybridized carbons (Fsp3) is 0.481. The van der Waals surface area contributed by atoms with E-state index in [0.29, 0.717) is 27.8 Å². The third-order valence-electron chi connectivity index (χ3n) is 8.52. The second-order valence-electron chi connectivity index (χ2n) is 11.0. The van der Waals surface area contributed by atoms with Gasteiger partial charge < -0.3 is 10.1 Å². The van der Waals surface area contributed by atoms with Crippen molar-refractivity contribution in [3.63, 3.8) is 0 Å². The molecule has 1 N–H and O–H groups in total. The van der Waals surface area contributed by atoms with E-state index in [0.717, 1.165) is 44.6 Å². The second-order valence-corrected chi connectivity index (χ2v) is 11.8. The Morgan fingerprint density at radius 1 is 1.11 bits per heavy atom. The summed E-state index contributed by atoms with van der Waals surface area (Å²) in [5.74, 6) is 0.259. The molecule has 200 valence electrons. The average molecular weight is 591 g/mol. The smallest absolute Gasteiger partial charge is 0.433 e. The summed E-state index contributed by atoms with van der Waals surface area (Å²) in [6.45, 7) is 0. The van der Waals surface area contributed by atoms with Gasteiger partial charge in [0.15, 0.2) is 17.0 Å². The van der Waals surface area contributed by atoms with E-state index in [-0.39, 0.29) is 21.5 Å². The molecule has 0 radical (unpaired) electrons. The number of hydrogen-bond donors (Lipinski definition) is 1. The molecule has 11 heteroatoms. The zero-order chi connectivity index (χ0) is 26.8. The van der Waals surface area contributed by atoms with E-state index in [2.05, 4.69) is 31.3 Å². The topological polar surface area (TPSA) is 85.6 Å². The standard InChI is InChI=1S/C27H26BrF3N4O3/c1-38-25(37)22(26-11-14-7-15(12-26)9-16(8-14)13-26)33-24(36)21-20(28)23-32-18(17-5-3-2-4-6-17)10-19(27(29,30)31)35(23)34-21/h2-6,10,14-16,22H,7-9,11-13H2,1H3,(H,33,36)/t14?,15?,16?,22-,26?/m1/s1. The number of ether oxygens (including phenoxy) is 1. The quantitative estimate of drug-likeness (QED) is 0.387. The van der Waals surface area contributed by atoms with Crippen molar-refractivity contribution in [1.82, 2.24) is 19.9 Å². The van der Waals surface area contributed by atoms with Crippen LogP contribution in [0.15, 0.2) is 40.9 Å². The Bertz CT molecular complexity index is 1390. The number of aromatic nitrogens is 3. The lowest BCUT2D eigenvalue weighted by molar-refractivity contribution is -0.154. The summed E-state index contributed by atoms with van der Waals surface area (Å²) < 4.78 is 48.0. The van der Waals surface area contributed by atoms with Gasteiger partial charge in [-0.1, -0.05) is 30.3 Å². The van der Waals surface area contributed by atoms with Crippen LogP contribution < -0.4 is 5.32 Å². The van der Waals surface area contributed by atoms with Crippen LogP contribution in [-0.4, -0.2) is 39.6 Å². The molecule has 0 aliphatic heterocycles. The number of alkyl halides is 3. The number of halogens is 4. The molecule has 1 atom stereocenters. The summed E-state index contributed by atoms with van der Waals surface area (Å²) in [5, 5.41) is 6.84. The van der Waals surface area contributed by atoms with E-state index in [9.17, 15) is 22.8 Å². The number of hydrogen-bond acceptors (Lipinski definition) is 5. The molecule has 0 spiro atoms. The van der Waals surface area contributed by atoms with Gasteiger partial charge in [0.2, 0.25) is 0 Å². The molecule has 0 saturated heterocycles. The van der Waals surface area contributed by atoms with Crippen LogP contribution in [-0.2, 0) is 15.7 Å². The maximum Gasteiger partial charge on any atom is 0.433 e. The molecule has 4 aliphatic rings. The Morgan fingerprint density at radius 3 is 2.26 bits per heavy atom. The van der Waals surface area contributed by atoms with Crippen LogP contribution >= 0.6 is 15.9 Å². The maximum atomic E-state index is 14.1. The summed E-state index contributed by atoms with van der Waals surface area (Å²) in [4.78, 5) is 30.9. The minimum Gasteiger partial charge on any atom is -0.467 e. The molecule has 0 unspecified atom stereocenters. The van der Waals surface area contributed by atoms with E-state index in [1.807, 2.05) is 0 Å². The Kier molecular flexibility index (Phi) is 6.04. The van der Waals surface area contributed by atoms with E-state index in [1.54, 1.807) is 30.3 Å². The SMILES string of the molecule is COC(=O)[C@@H](NC(=O)c1nn2c(C(F)(F)F)cc(-c3ccccc3)nc2c1Br)C12CC3CC(CC(C3)C1)C2. The number of carbonyl (C=O) groups excluding carboxylic acids is 2. The zero-order valence-corrected chi connectivity index (χ0v) is 22.2. The zero-order valence-electron chi connectivity index (χ0n) is 20.6. The second kappa shape index (κ2) is 9.07. The summed E-state index contributed by atoms with van der Waals surface area (Å²) in [6, 6.07) is 8.49. The Morgan fingerprint density at radius 2 is 1.71 bits per heavy atom. The van der Waals surface area contributed by atoms with Gasteiger partial charge in [-0.25, -0.2) is 14.3 Å². The number of fused-ring (bicyclic) bond motifs is 1. The number of methoxy groups -OCH3 is 1. The molecule has 1 aromatic carbocycles. The van der Waals surface area contributed by atoms with E-state index >= 15 is 0 Å². The average Bonchev–Trinajstić information content (AvgIpc) is 3.21. The molecule has 4 bridgehead atoms. The van der Waals surface area contributed by atoms with Gasteiger partial charge in [0, 0.05) is 11.0 Å². The highest BCUT2D eigenvalue weighted by Gasteiger charge is 2.57. The van der Waals surface area contributed by atoms with Gasteiger partial charge in [0.1, 0.15) is 6.04 Å². The van der Waals surface area contributed by atoms with Crippen molar-refractivity contribution in [1.29, 1.82) is 0 Å². The van der Waals surface area contributed by atoms with Gasteiger partial charge in [-0.05, 0) is 78.3 Å². The van der Waals surface area contributed by atoms with Crippen molar-refractivity contribution in [3.05, 3.63) is 52.3 Å². The maximum absolute atomic E-state index is 14.1. The molecule has 7 rings (SSSR count). The van der Waals surface area contributed by atoms with Gasteiger partial charge in [-0.3, -0.25) is 4.79 Å². The molecule has 1 amide bonds. The number of benzene rings is 1. The van der Waals surface area contributed by atoms with Crippen molar-refractivity contribution in [2.45, 2.75) is 50.7 Å². The predicted molar refractivity (Wildman–Crippen MR) is 135 cm³/mol. The van der Waals surface area contributed by atoms with Gasteiger partial charge >= 0.3 is 12.1 Å². The lowest BCUT2D eigenvalue weighted by Gasteiger charge is -2.58. The highest BCUT2D eigenvalue weighted by atomic mass is 79.9. The first-order valence-corrected chi connectivity index (χ1v) is 13.5. The monoisotopic (exact) mass is 590 g/mol. The van der Waals surface area contributed by atoms with Gasteiger partial charge in [-0.15, -0.1) is 0 Å². The molecule has 7 nitrogen and oxygen atoms in total. The minimum absolute atomic E-state index is 0.0207. The Balaban J connectivity index is 1.39. The molecule has 38 heavy (non-hydrogen) atoms. The molecular weight excluding hydrogens is 565 g/mol. The fourth-order valence-corrected chi connectivity index (χ4v) is 7.92. The van der Waals surface area contributed by atoms with Gasteiger partial charge in [-0.2, -0.15) is 18.3 Å². The van der Waals surface area contributed by atoms with Crippen LogP contribution in [0.3, 0.4) is 0 Å². The Hall–Kier alpha value is -2.95. The molecule has 4 aliphatic carbocycles. The summed E-state index contributed by atoms with van der Waals surface area (Å²) >= 11 is 3.28. The number of esters is 1. The molecule has 3 aromatic rings. The van der Waals surface area contributed by atoms with Gasteiger partial charge in [0.25, 0.3) is 5.91 Å². The Labute approximate surface area is 225 Å². The molecule has 2 heterocycles. The first-order chi connectivity index (χ1) is 18.1. The third-order valence-corrected chi connectivity index (χ3v) is 9.25. The molecule has 4 fully saturated rings. The normalized spacial score (nSPS) is 26.9. The number of nitrogens with one attached hydrogen (secondary N) is 1. The number of nitrogens with zero attached hydrogens (tertiary/aromatic N) is 3. The summed E-state index contributed by atoms with van der Waals surface area (Å²) in [6.07, 6.45) is 1.17. The summed E-state index contributed by atoms with van der Waals surface area (Å²) in [7, 11) is 1.29. The van der Waals surface area contributed by atoms with Crippen LogP contribution in [0.5, 0.6) is 0 Å². The lowest BCUT2D eigenvalue weighted by atomic mass is 9.47. The van der Waals surface area contributed by atoms with Crippen LogP contribution in [0.4, 0.5) is 13.2 Å². The van der Waals surface area contributed by atoms with Crippen LogP contribution in [0.1, 0.15) is 54.7 Å². The molecular formula is C27H26BrF3N4O3. The number of amides is 1. The largest absolute Gasteiger partial charge is 0.467 e. The van der Waals surface area contributed by atoms with Crippen LogP contribution in [0.2, 0.25) is 0 Å². The van der Waals surface area contributed by atoms with E-state index in [4.69, 9.17) is 4.74 Å². The summed E-state index contributed by atoms with van der Waals surface area (Å²) in [5.41, 5.74) is -1.31. The molecule has 2 aromatic heterocycles. The first kappa shape index (κ1) is 25.3. The fourth-order valence-electron chi connectivity index (χ4n) is 7.41. The van der Waals surface area contributed by atoms with Crippen molar-refractivity contribution < 1.29 is 27.5 Å². The van der Waals surface area contributed by atoms with Crippen molar-refractivity contribution in [3.8, 4) is 11.3 Å². The predicted octanol–water partition coefficient (Wildman–Crippen LogP) is 5.67. The minimum atomic E-state index is -4.75. The number of carbonyl (C=O) groups is 2. The van der Waals surface area contributed by atoms with Gasteiger partial charge in [0.05, 0.1) is 17.3 Å². The van der Waals surface area contributed by atoms with Crippen molar-refractivity contribution in [2.75, 3.05) is 7.11 Å². The van der Waals surface area contributed by atoms with E-state index < -0.39 is 35.2 Å². The van der Waals surface area contributed by atoms with E-state index in [1.165, 1.54) is 7.11 Å².